The summed E-state index contributed by atoms with van der Waals surface area (Å²) in [6, 6.07) is 5.39. The van der Waals surface area contributed by atoms with Gasteiger partial charge in [0.2, 0.25) is 0 Å². The molecule has 1 aliphatic heterocycles. The fourth-order valence-corrected chi connectivity index (χ4v) is 2.79. The first-order valence-corrected chi connectivity index (χ1v) is 7.86. The summed E-state index contributed by atoms with van der Waals surface area (Å²) in [7, 11) is -0.375. The van der Waals surface area contributed by atoms with Crippen molar-refractivity contribution in [1.82, 2.24) is 4.90 Å². The Morgan fingerprint density at radius 1 is 1.10 bits per heavy atom. The Balaban J connectivity index is 1.92. The Labute approximate surface area is 131 Å². The van der Waals surface area contributed by atoms with Crippen molar-refractivity contribution >= 4 is 35.8 Å². The lowest BCUT2D eigenvalue weighted by atomic mass is 9.78. The minimum Gasteiger partial charge on any atom is -0.406 e. The fraction of sp³-hybridized carbons (Fsp3) is 0.571. The molecule has 20 heavy (non-hydrogen) atoms. The molecule has 0 aliphatic carbocycles. The average Bonchev–Trinajstić information content (AvgIpc) is 2.36. The summed E-state index contributed by atoms with van der Waals surface area (Å²) in [5, 5.41) is 1.21. The first kappa shape index (κ1) is 16.1. The van der Waals surface area contributed by atoms with Crippen molar-refractivity contribution < 1.29 is 9.31 Å². The van der Waals surface area contributed by atoms with Crippen molar-refractivity contribution in [2.45, 2.75) is 19.8 Å². The molecule has 0 radical (unpaired) electrons. The van der Waals surface area contributed by atoms with Crippen molar-refractivity contribution in [3.63, 3.8) is 0 Å². The zero-order valence-corrected chi connectivity index (χ0v) is 13.3. The molecule has 1 fully saturated rings. The number of halogens is 2. The molecule has 0 unspecified atom stereocenters. The van der Waals surface area contributed by atoms with E-state index in [1.165, 1.54) is 12.8 Å². The van der Waals surface area contributed by atoms with Gasteiger partial charge in [-0.1, -0.05) is 36.5 Å². The van der Waals surface area contributed by atoms with Crippen LogP contribution in [0.15, 0.2) is 18.2 Å². The molecule has 0 spiro atoms. The van der Waals surface area contributed by atoms with Crippen LogP contribution in [0.25, 0.3) is 0 Å². The second-order valence-electron chi connectivity index (χ2n) is 4.97. The standard InChI is InChI=1S/C14H20BCl2NO2/c1-2-3-4-18-5-7-19-15(20-8-6-18)12-9-13(16)11-14(17)10-12/h9-11H,2-8H2,1H3. The van der Waals surface area contributed by atoms with Crippen molar-refractivity contribution in [3.05, 3.63) is 28.2 Å². The lowest BCUT2D eigenvalue weighted by molar-refractivity contribution is 0.116. The van der Waals surface area contributed by atoms with Gasteiger partial charge in [0.15, 0.2) is 0 Å². The third kappa shape index (κ3) is 4.94. The molecule has 0 bridgehead atoms. The minimum absolute atomic E-state index is 0.375. The Morgan fingerprint density at radius 3 is 2.25 bits per heavy atom. The third-order valence-electron chi connectivity index (χ3n) is 3.34. The molecule has 1 aromatic rings. The predicted octanol–water partition coefficient (Wildman–Crippen LogP) is 2.84. The highest BCUT2D eigenvalue weighted by Crippen LogP contribution is 2.15. The molecule has 1 aromatic carbocycles. The fourth-order valence-electron chi connectivity index (χ4n) is 2.25. The van der Waals surface area contributed by atoms with Gasteiger partial charge in [-0.25, -0.2) is 0 Å². The highest BCUT2D eigenvalue weighted by molar-refractivity contribution is 6.62. The van der Waals surface area contributed by atoms with Gasteiger partial charge >= 0.3 is 7.12 Å². The third-order valence-corrected chi connectivity index (χ3v) is 3.77. The summed E-state index contributed by atoms with van der Waals surface area (Å²) in [5.74, 6) is 0. The molecule has 110 valence electrons. The van der Waals surface area contributed by atoms with Gasteiger partial charge in [0.1, 0.15) is 0 Å². The van der Waals surface area contributed by atoms with Crippen molar-refractivity contribution in [1.29, 1.82) is 0 Å². The van der Waals surface area contributed by atoms with Gasteiger partial charge in [-0.05, 0) is 36.6 Å². The lowest BCUT2D eigenvalue weighted by Gasteiger charge is -2.27. The molecule has 0 saturated carbocycles. The number of benzene rings is 1. The van der Waals surface area contributed by atoms with Crippen LogP contribution < -0.4 is 5.46 Å². The summed E-state index contributed by atoms with van der Waals surface area (Å²) >= 11 is 12.0. The van der Waals surface area contributed by atoms with Gasteiger partial charge in [-0.2, -0.15) is 0 Å². The van der Waals surface area contributed by atoms with E-state index >= 15 is 0 Å². The zero-order valence-electron chi connectivity index (χ0n) is 11.8. The second kappa shape index (κ2) is 8.25. The number of hydrogen-bond acceptors (Lipinski definition) is 3. The monoisotopic (exact) mass is 315 g/mol. The van der Waals surface area contributed by atoms with Crippen LogP contribution in [0.1, 0.15) is 19.8 Å². The molecule has 0 N–H and O–H groups in total. The molecule has 3 nitrogen and oxygen atoms in total. The van der Waals surface area contributed by atoms with E-state index in [1.54, 1.807) is 6.07 Å². The number of hydrogen-bond donors (Lipinski definition) is 0. The zero-order chi connectivity index (χ0) is 14.4. The Kier molecular flexibility index (Phi) is 6.65. The minimum atomic E-state index is -0.375. The summed E-state index contributed by atoms with van der Waals surface area (Å²) < 4.78 is 11.6. The molecule has 6 heteroatoms. The number of rotatable bonds is 4. The molecule has 0 aromatic heterocycles. The van der Waals surface area contributed by atoms with E-state index in [1.807, 2.05) is 12.1 Å². The van der Waals surface area contributed by atoms with Gasteiger partial charge in [0.05, 0.1) is 0 Å². The number of unbranched alkanes of at least 4 members (excludes halogenated alkanes) is 1. The van der Waals surface area contributed by atoms with Crippen LogP contribution in [-0.4, -0.2) is 44.9 Å². The van der Waals surface area contributed by atoms with Crippen LogP contribution in [0.5, 0.6) is 0 Å². The molecule has 1 heterocycles. The van der Waals surface area contributed by atoms with E-state index in [9.17, 15) is 0 Å². The maximum absolute atomic E-state index is 6.02. The van der Waals surface area contributed by atoms with Crippen LogP contribution in [0, 0.1) is 0 Å². The smallest absolute Gasteiger partial charge is 0.406 e. The predicted molar refractivity (Wildman–Crippen MR) is 85.1 cm³/mol. The normalized spacial score (nSPS) is 17.9. The summed E-state index contributed by atoms with van der Waals surface area (Å²) in [4.78, 5) is 2.38. The molecule has 0 amide bonds. The van der Waals surface area contributed by atoms with Gasteiger partial charge in [-0.15, -0.1) is 0 Å². The molecular weight excluding hydrogens is 296 g/mol. The topological polar surface area (TPSA) is 21.7 Å². The van der Waals surface area contributed by atoms with Crippen LogP contribution in [0.4, 0.5) is 0 Å². The van der Waals surface area contributed by atoms with Gasteiger partial charge in [-0.3, -0.25) is 4.90 Å². The summed E-state index contributed by atoms with van der Waals surface area (Å²) in [6.45, 7) is 6.49. The number of nitrogens with zero attached hydrogens (tertiary/aromatic N) is 1. The Morgan fingerprint density at radius 2 is 1.70 bits per heavy atom. The van der Waals surface area contributed by atoms with E-state index < -0.39 is 0 Å². The highest BCUT2D eigenvalue weighted by Gasteiger charge is 2.24. The van der Waals surface area contributed by atoms with E-state index in [4.69, 9.17) is 32.5 Å². The van der Waals surface area contributed by atoms with Crippen LogP contribution in [-0.2, 0) is 9.31 Å². The molecule has 2 rings (SSSR count). The maximum Gasteiger partial charge on any atom is 0.494 e. The Hall–Kier alpha value is -0.255. The molecule has 1 aliphatic rings. The van der Waals surface area contributed by atoms with Crippen LogP contribution >= 0.6 is 23.2 Å². The van der Waals surface area contributed by atoms with Crippen LogP contribution in [0.3, 0.4) is 0 Å². The highest BCUT2D eigenvalue weighted by atomic mass is 35.5. The first-order chi connectivity index (χ1) is 9.69. The summed E-state index contributed by atoms with van der Waals surface area (Å²) in [5.41, 5.74) is 0.879. The van der Waals surface area contributed by atoms with Gasteiger partial charge in [0, 0.05) is 36.3 Å². The van der Waals surface area contributed by atoms with E-state index in [0.717, 1.165) is 25.1 Å². The average molecular weight is 316 g/mol. The van der Waals surface area contributed by atoms with E-state index in [2.05, 4.69) is 11.8 Å². The van der Waals surface area contributed by atoms with Gasteiger partial charge in [0.25, 0.3) is 0 Å². The summed E-state index contributed by atoms with van der Waals surface area (Å²) in [6.07, 6.45) is 2.43. The Bertz CT molecular complexity index is 403. The first-order valence-electron chi connectivity index (χ1n) is 7.10. The lowest BCUT2D eigenvalue weighted by Crippen LogP contribution is -2.44. The quantitative estimate of drug-likeness (QED) is 0.798. The largest absolute Gasteiger partial charge is 0.494 e. The van der Waals surface area contributed by atoms with Crippen molar-refractivity contribution in [2.24, 2.45) is 0 Å². The van der Waals surface area contributed by atoms with E-state index in [-0.39, 0.29) is 7.12 Å². The van der Waals surface area contributed by atoms with Crippen LogP contribution in [0.2, 0.25) is 10.0 Å². The maximum atomic E-state index is 6.02. The SMILES string of the molecule is CCCCN1CCOB(c2cc(Cl)cc(Cl)c2)OCC1. The van der Waals surface area contributed by atoms with Crippen molar-refractivity contribution in [2.75, 3.05) is 32.8 Å². The second-order valence-corrected chi connectivity index (χ2v) is 5.84. The van der Waals surface area contributed by atoms with Gasteiger partial charge < -0.3 is 9.31 Å². The molecule has 1 saturated heterocycles. The van der Waals surface area contributed by atoms with E-state index in [0.29, 0.717) is 23.3 Å². The van der Waals surface area contributed by atoms with Crippen molar-refractivity contribution in [3.8, 4) is 0 Å². The molecular formula is C14H20BCl2NO2. The molecule has 0 atom stereocenters.